The molecule has 5 aromatic rings. The van der Waals surface area contributed by atoms with Crippen LogP contribution in [-0.4, -0.2) is 92.6 Å². The molecule has 2 amide bonds. The lowest BCUT2D eigenvalue weighted by Crippen LogP contribution is -2.71. The summed E-state index contributed by atoms with van der Waals surface area (Å²) in [6, 6.07) is 28.4. The van der Waals surface area contributed by atoms with Crippen molar-refractivity contribution in [3.8, 4) is 0 Å². The minimum absolute atomic E-state index is 0.0365. The summed E-state index contributed by atoms with van der Waals surface area (Å²) in [5, 5.41) is 12.2. The molecule has 4 fully saturated rings. The van der Waals surface area contributed by atoms with Crippen molar-refractivity contribution in [2.75, 3.05) is 36.8 Å². The normalized spacial score (nSPS) is 22.0. The monoisotopic (exact) mass is 901 g/mol. The van der Waals surface area contributed by atoms with Crippen molar-refractivity contribution < 1.29 is 33.4 Å². The number of thioether (sulfide) groups is 1. The van der Waals surface area contributed by atoms with Crippen LogP contribution in [0.4, 0.5) is 10.1 Å². The molecule has 0 unspecified atom stereocenters. The Kier molecular flexibility index (Phi) is 11.3. The van der Waals surface area contributed by atoms with Crippen LogP contribution in [0.15, 0.2) is 119 Å². The van der Waals surface area contributed by atoms with E-state index in [2.05, 4.69) is 10.2 Å². The molecule has 1 aliphatic carbocycles. The third-order valence-electron chi connectivity index (χ3n) is 13.2. The first-order valence-corrected chi connectivity index (χ1v) is 23.1. The van der Waals surface area contributed by atoms with Gasteiger partial charge in [-0.3, -0.25) is 24.2 Å². The zero-order chi connectivity index (χ0) is 44.2. The molecule has 4 atom stereocenters. The van der Waals surface area contributed by atoms with Gasteiger partial charge in [0.05, 0.1) is 28.0 Å². The van der Waals surface area contributed by atoms with Gasteiger partial charge in [0.25, 0.3) is 5.91 Å². The van der Waals surface area contributed by atoms with E-state index in [1.807, 2.05) is 95.9 Å². The molecular formula is C49H45ClFN5O7S. The Labute approximate surface area is 377 Å². The van der Waals surface area contributed by atoms with Gasteiger partial charge < -0.3 is 24.6 Å². The van der Waals surface area contributed by atoms with Crippen molar-refractivity contribution in [3.63, 3.8) is 0 Å². The van der Waals surface area contributed by atoms with E-state index in [0.717, 1.165) is 54.0 Å². The first kappa shape index (κ1) is 42.0. The lowest BCUT2D eigenvalue weighted by atomic mass is 9.91. The number of carbonyl (C=O) groups excluding carboxylic acids is 3. The summed E-state index contributed by atoms with van der Waals surface area (Å²) in [7, 11) is 0. The summed E-state index contributed by atoms with van der Waals surface area (Å²) in [5.74, 6) is -2.85. The van der Waals surface area contributed by atoms with Crippen LogP contribution in [0.25, 0.3) is 10.9 Å². The van der Waals surface area contributed by atoms with Gasteiger partial charge in [0.1, 0.15) is 28.5 Å². The molecule has 15 heteroatoms. The number of nitrogens with zero attached hydrogens (tertiary/aromatic N) is 4. The highest BCUT2D eigenvalue weighted by atomic mass is 35.5. The standard InChI is InChI=1S/C49H45ClFN5O7S/c50-39-42-34(44(58)35(48(60)61)25-55(42)33-18-19-33)22-36(51)43(39)54-23-31-17-10-20-53(37(31)26-54)24-32-27-64-47-40(52-38(57)21-28-11-4-1-5-12-28)46(59)56(47)41(32)49(62)63-45(29-13-6-2-7-14-29)30-15-8-3-9-16-30/h1-9,11-16,22,25,31,33,37,40,45,47H,10,17-21,23-24,26-27H2,(H,52,57)(H,60,61)/t31-,37+,40+,47+/m0/s1. The summed E-state index contributed by atoms with van der Waals surface area (Å²) in [6.45, 7) is 1.96. The zero-order valence-corrected chi connectivity index (χ0v) is 36.3. The van der Waals surface area contributed by atoms with Crippen molar-refractivity contribution in [1.29, 1.82) is 0 Å². The van der Waals surface area contributed by atoms with E-state index in [1.165, 1.54) is 22.9 Å². The molecule has 0 bridgehead atoms. The number of ether oxygens (including phenoxy) is 1. The molecule has 328 valence electrons. The second-order valence-corrected chi connectivity index (χ2v) is 18.7. The van der Waals surface area contributed by atoms with Crippen LogP contribution in [-0.2, 0) is 25.5 Å². The molecule has 0 radical (unpaired) electrons. The fourth-order valence-corrected chi connectivity index (χ4v) is 11.7. The molecule has 12 nitrogen and oxygen atoms in total. The first-order chi connectivity index (χ1) is 31.0. The number of halogens is 2. The third kappa shape index (κ3) is 7.75. The quantitative estimate of drug-likeness (QED) is 0.0998. The zero-order valence-electron chi connectivity index (χ0n) is 34.7. The highest BCUT2D eigenvalue weighted by molar-refractivity contribution is 8.00. The predicted molar refractivity (Wildman–Crippen MR) is 242 cm³/mol. The van der Waals surface area contributed by atoms with Crippen molar-refractivity contribution in [3.05, 3.63) is 158 Å². The van der Waals surface area contributed by atoms with E-state index < -0.39 is 46.3 Å². The average molecular weight is 902 g/mol. The van der Waals surface area contributed by atoms with Gasteiger partial charge in [-0.1, -0.05) is 103 Å². The van der Waals surface area contributed by atoms with Crippen LogP contribution in [0.3, 0.4) is 0 Å². The number of amides is 2. The number of fused-ring (bicyclic) bond motifs is 3. The van der Waals surface area contributed by atoms with Gasteiger partial charge in [-0.15, -0.1) is 11.8 Å². The molecule has 4 aromatic carbocycles. The summed E-state index contributed by atoms with van der Waals surface area (Å²) in [6.07, 6.45) is 4.01. The Morgan fingerprint density at radius 2 is 1.59 bits per heavy atom. The van der Waals surface area contributed by atoms with Crippen LogP contribution >= 0.6 is 23.4 Å². The number of rotatable bonds is 12. The van der Waals surface area contributed by atoms with Crippen molar-refractivity contribution in [1.82, 2.24) is 19.7 Å². The van der Waals surface area contributed by atoms with Crippen LogP contribution in [0.5, 0.6) is 0 Å². The van der Waals surface area contributed by atoms with E-state index in [-0.39, 0.29) is 58.0 Å². The number of pyridine rings is 1. The van der Waals surface area contributed by atoms with Gasteiger partial charge in [0.2, 0.25) is 11.3 Å². The van der Waals surface area contributed by atoms with Crippen LogP contribution in [0.1, 0.15) is 64.9 Å². The SMILES string of the molecule is O=C(Cc1ccccc1)N[C@@H]1C(=O)N2C(C(=O)OC(c3ccccc3)c3ccccc3)=C(CN3CCC[C@H]4CN(c5c(F)cc6c(=O)c(C(=O)O)cn(C7CC7)c6c5Cl)C[C@H]43)CS[C@H]12. The Morgan fingerprint density at radius 3 is 2.25 bits per heavy atom. The maximum atomic E-state index is 16.3. The Hall–Kier alpha value is -5.96. The number of nitrogens with one attached hydrogen (secondary N) is 1. The molecule has 1 saturated carbocycles. The number of esters is 1. The summed E-state index contributed by atoms with van der Waals surface area (Å²) in [5.41, 5.74) is 2.59. The van der Waals surface area contributed by atoms with Gasteiger partial charge in [-0.25, -0.2) is 14.0 Å². The Balaban J connectivity index is 0.960. The maximum absolute atomic E-state index is 16.3. The van der Waals surface area contributed by atoms with Crippen molar-refractivity contribution >= 4 is 63.7 Å². The summed E-state index contributed by atoms with van der Waals surface area (Å²) >= 11 is 8.59. The number of likely N-dealkylation sites (tertiary alicyclic amines) is 1. The molecule has 64 heavy (non-hydrogen) atoms. The number of β-lactam (4-membered cyclic amide) rings is 1. The van der Waals surface area contributed by atoms with E-state index >= 15 is 4.39 Å². The highest BCUT2D eigenvalue weighted by Gasteiger charge is 2.55. The molecule has 5 heterocycles. The van der Waals surface area contributed by atoms with Gasteiger partial charge in [0, 0.05) is 43.7 Å². The minimum Gasteiger partial charge on any atom is -0.477 e. The number of anilines is 1. The van der Waals surface area contributed by atoms with Crippen LogP contribution < -0.4 is 15.6 Å². The molecule has 4 aliphatic heterocycles. The van der Waals surface area contributed by atoms with E-state index in [0.29, 0.717) is 37.4 Å². The number of carboxylic acids is 1. The number of aromatic carboxylic acids is 1. The molecule has 10 rings (SSSR count). The summed E-state index contributed by atoms with van der Waals surface area (Å²) < 4.78 is 24.5. The molecule has 0 spiro atoms. The Bertz CT molecular complexity index is 2730. The molecule has 1 aromatic heterocycles. The number of aromatic nitrogens is 1. The topological polar surface area (TPSA) is 141 Å². The van der Waals surface area contributed by atoms with E-state index in [4.69, 9.17) is 16.3 Å². The van der Waals surface area contributed by atoms with Gasteiger partial charge in [-0.05, 0) is 66.5 Å². The van der Waals surface area contributed by atoms with Gasteiger partial charge in [0.15, 0.2) is 6.10 Å². The van der Waals surface area contributed by atoms with Gasteiger partial charge in [-0.2, -0.15) is 0 Å². The van der Waals surface area contributed by atoms with Gasteiger partial charge >= 0.3 is 11.9 Å². The van der Waals surface area contributed by atoms with Crippen LogP contribution in [0.2, 0.25) is 5.02 Å². The predicted octanol–water partition coefficient (Wildman–Crippen LogP) is 6.96. The Morgan fingerprint density at radius 1 is 0.922 bits per heavy atom. The second-order valence-electron chi connectivity index (χ2n) is 17.3. The van der Waals surface area contributed by atoms with Crippen LogP contribution in [0, 0.1) is 11.7 Å². The first-order valence-electron chi connectivity index (χ1n) is 21.7. The number of hydrogen-bond acceptors (Lipinski definition) is 9. The number of carboxylic acid groups (broad SMARTS) is 1. The van der Waals surface area contributed by atoms with Crippen molar-refractivity contribution in [2.45, 2.75) is 61.7 Å². The second kappa shape index (κ2) is 17.2. The van der Waals surface area contributed by atoms with Crippen molar-refractivity contribution in [2.24, 2.45) is 5.92 Å². The number of hydrogen-bond donors (Lipinski definition) is 2. The average Bonchev–Trinajstić information content (AvgIpc) is 4.06. The fraction of sp³-hybridized carbons (Fsp3) is 0.327. The highest BCUT2D eigenvalue weighted by Crippen LogP contribution is 2.46. The molecule has 2 N–H and O–H groups in total. The molecular weight excluding hydrogens is 857 g/mol. The third-order valence-corrected chi connectivity index (χ3v) is 14.9. The number of piperidine rings is 1. The maximum Gasteiger partial charge on any atom is 0.356 e. The lowest BCUT2D eigenvalue weighted by Gasteiger charge is -2.50. The number of benzene rings is 4. The summed E-state index contributed by atoms with van der Waals surface area (Å²) in [4.78, 5) is 73.2. The van der Waals surface area contributed by atoms with E-state index in [1.54, 1.807) is 4.57 Å². The van der Waals surface area contributed by atoms with E-state index in [9.17, 15) is 29.1 Å². The minimum atomic E-state index is -1.37. The molecule has 3 saturated heterocycles. The largest absolute Gasteiger partial charge is 0.477 e. The number of carbonyl (C=O) groups is 4. The lowest BCUT2D eigenvalue weighted by molar-refractivity contribution is -0.154. The fourth-order valence-electron chi connectivity index (χ4n) is 9.96. The molecule has 5 aliphatic rings. The smallest absolute Gasteiger partial charge is 0.356 e.